The Hall–Kier alpha value is -0.343. The molecule has 1 aliphatic carbocycles. The van der Waals surface area contributed by atoms with Crippen molar-refractivity contribution in [1.82, 2.24) is 0 Å². The fraction of sp³-hybridized carbons (Fsp3) is 0.733. The minimum Gasteiger partial charge on any atom is -0.325 e. The zero-order valence-electron chi connectivity index (χ0n) is 12.8. The van der Waals surface area contributed by atoms with Gasteiger partial charge in [-0.15, -0.1) is 0 Å². The lowest BCUT2D eigenvalue weighted by molar-refractivity contribution is 0.487. The van der Waals surface area contributed by atoms with Crippen LogP contribution in [0.4, 0.5) is 0 Å². The average molecular weight is 251 g/mol. The van der Waals surface area contributed by atoms with Crippen LogP contribution in [0.15, 0.2) is 22.3 Å². The van der Waals surface area contributed by atoms with Gasteiger partial charge in [0.05, 0.1) is 0 Å². The fourth-order valence-corrected chi connectivity index (χ4v) is 6.49. The van der Waals surface area contributed by atoms with Gasteiger partial charge in [-0.05, 0) is 57.2 Å². The first-order valence-corrected chi connectivity index (χ1v) is 9.73. The number of hydrogen-bond acceptors (Lipinski definition) is 1. The molecule has 2 heteroatoms. The number of hydrogen-bond donors (Lipinski definition) is 1. The summed E-state index contributed by atoms with van der Waals surface area (Å²) < 4.78 is 0. The molecule has 0 aromatic heterocycles. The van der Waals surface area contributed by atoms with Crippen LogP contribution < -0.4 is 5.73 Å². The monoisotopic (exact) mass is 251 g/mol. The first-order chi connectivity index (χ1) is 7.59. The van der Waals surface area contributed by atoms with Crippen LogP contribution in [0.2, 0.25) is 18.6 Å². The van der Waals surface area contributed by atoms with Gasteiger partial charge in [0.1, 0.15) is 0 Å². The van der Waals surface area contributed by atoms with Crippen molar-refractivity contribution >= 4 is 8.80 Å². The summed E-state index contributed by atoms with van der Waals surface area (Å²) in [5, 5.41) is 0. The molecular formula is C15H29NSi. The maximum Gasteiger partial charge on any atom is 0.0407 e. The van der Waals surface area contributed by atoms with Crippen LogP contribution in [0, 0.1) is 5.92 Å². The van der Waals surface area contributed by atoms with Gasteiger partial charge in [0.25, 0.3) is 0 Å². The molecule has 98 valence electrons. The van der Waals surface area contributed by atoms with Crippen LogP contribution in [-0.4, -0.2) is 14.3 Å². The van der Waals surface area contributed by atoms with E-state index in [1.165, 1.54) is 11.1 Å². The summed E-state index contributed by atoms with van der Waals surface area (Å²) in [6, 6.07) is 0. The number of nitrogens with two attached hydrogens (primary N) is 1. The minimum atomic E-state index is -0.805. The van der Waals surface area contributed by atoms with E-state index in [0.717, 1.165) is 0 Å². The summed E-state index contributed by atoms with van der Waals surface area (Å²) in [5.41, 5.74) is 13.2. The topological polar surface area (TPSA) is 26.0 Å². The normalized spacial score (nSPS) is 24.0. The van der Waals surface area contributed by atoms with Gasteiger partial charge in [-0.1, -0.05) is 31.2 Å². The molecule has 0 bridgehead atoms. The smallest absolute Gasteiger partial charge is 0.0407 e. The summed E-state index contributed by atoms with van der Waals surface area (Å²) in [4.78, 5) is 0. The largest absolute Gasteiger partial charge is 0.325 e. The van der Waals surface area contributed by atoms with Crippen molar-refractivity contribution in [1.29, 1.82) is 0 Å². The van der Waals surface area contributed by atoms with E-state index in [1.807, 2.05) is 0 Å². The Kier molecular flexibility index (Phi) is 4.10. The quantitative estimate of drug-likeness (QED) is 0.757. The van der Waals surface area contributed by atoms with Crippen molar-refractivity contribution in [3.63, 3.8) is 0 Å². The molecule has 0 fully saturated rings. The standard InChI is InChI=1S/C15H29NSi/c1-9-10(2)12(4)13(11(9)3)14(17(7)8)15(5,6)16/h11,14,17H,16H2,1-8H3. The van der Waals surface area contributed by atoms with Crippen LogP contribution in [0.1, 0.15) is 41.5 Å². The van der Waals surface area contributed by atoms with Crippen LogP contribution >= 0.6 is 0 Å². The molecule has 0 aromatic carbocycles. The Morgan fingerprint density at radius 3 is 1.82 bits per heavy atom. The molecule has 2 N–H and O–H groups in total. The highest BCUT2D eigenvalue weighted by molar-refractivity contribution is 6.58. The molecule has 1 nitrogen and oxygen atoms in total. The van der Waals surface area contributed by atoms with Gasteiger partial charge in [-0.2, -0.15) is 0 Å². The van der Waals surface area contributed by atoms with Crippen LogP contribution in [-0.2, 0) is 0 Å². The highest BCUT2D eigenvalue weighted by Crippen LogP contribution is 2.46. The minimum absolute atomic E-state index is 0.0872. The predicted molar refractivity (Wildman–Crippen MR) is 81.1 cm³/mol. The third-order valence-electron chi connectivity index (χ3n) is 4.51. The van der Waals surface area contributed by atoms with Crippen molar-refractivity contribution < 1.29 is 0 Å². The molecule has 0 amide bonds. The Labute approximate surface area is 109 Å². The van der Waals surface area contributed by atoms with E-state index in [-0.39, 0.29) is 5.54 Å². The lowest BCUT2D eigenvalue weighted by atomic mass is 9.86. The van der Waals surface area contributed by atoms with E-state index in [2.05, 4.69) is 54.6 Å². The zero-order valence-corrected chi connectivity index (χ0v) is 14.0. The average Bonchev–Trinajstić information content (AvgIpc) is 2.33. The summed E-state index contributed by atoms with van der Waals surface area (Å²) in [6.45, 7) is 18.4. The van der Waals surface area contributed by atoms with E-state index in [4.69, 9.17) is 5.73 Å². The van der Waals surface area contributed by atoms with Gasteiger partial charge in [-0.25, -0.2) is 0 Å². The van der Waals surface area contributed by atoms with Gasteiger partial charge in [0, 0.05) is 14.3 Å². The Bertz CT molecular complexity index is 369. The maximum atomic E-state index is 6.46. The van der Waals surface area contributed by atoms with Gasteiger partial charge in [0.2, 0.25) is 0 Å². The lowest BCUT2D eigenvalue weighted by Crippen LogP contribution is -2.44. The van der Waals surface area contributed by atoms with Gasteiger partial charge in [-0.3, -0.25) is 0 Å². The molecule has 2 unspecified atom stereocenters. The predicted octanol–water partition coefficient (Wildman–Crippen LogP) is 3.88. The Balaban J connectivity index is 3.25. The van der Waals surface area contributed by atoms with Gasteiger partial charge < -0.3 is 5.73 Å². The second-order valence-electron chi connectivity index (χ2n) is 6.65. The first-order valence-electron chi connectivity index (χ1n) is 6.76. The molecule has 0 saturated heterocycles. The van der Waals surface area contributed by atoms with E-state index < -0.39 is 8.80 Å². The van der Waals surface area contributed by atoms with E-state index >= 15 is 0 Å². The molecule has 0 aromatic rings. The second-order valence-corrected chi connectivity index (χ2v) is 9.81. The second kappa shape index (κ2) is 4.73. The highest BCUT2D eigenvalue weighted by Gasteiger charge is 2.38. The van der Waals surface area contributed by atoms with Crippen molar-refractivity contribution in [2.75, 3.05) is 0 Å². The molecule has 17 heavy (non-hydrogen) atoms. The molecule has 0 spiro atoms. The molecule has 0 aliphatic heterocycles. The molecule has 1 aliphatic rings. The number of allylic oxidation sites excluding steroid dienone is 3. The van der Waals surface area contributed by atoms with Crippen LogP contribution in [0.5, 0.6) is 0 Å². The third kappa shape index (κ3) is 2.58. The van der Waals surface area contributed by atoms with Crippen LogP contribution in [0.3, 0.4) is 0 Å². The van der Waals surface area contributed by atoms with Gasteiger partial charge in [0.15, 0.2) is 0 Å². The van der Waals surface area contributed by atoms with E-state index in [0.29, 0.717) is 11.5 Å². The zero-order chi connectivity index (χ0) is 13.5. The third-order valence-corrected chi connectivity index (χ3v) is 7.06. The SMILES string of the molecule is CC1=C(C)C(C)C(C([SiH](C)C)C(C)(C)N)=C1C. The maximum absolute atomic E-state index is 6.46. The lowest BCUT2D eigenvalue weighted by Gasteiger charge is -2.37. The highest BCUT2D eigenvalue weighted by atomic mass is 28.3. The van der Waals surface area contributed by atoms with Crippen molar-refractivity contribution in [2.24, 2.45) is 11.7 Å². The molecule has 0 heterocycles. The number of rotatable bonds is 3. The summed E-state index contributed by atoms with van der Waals surface area (Å²) in [7, 11) is -0.805. The Morgan fingerprint density at radius 1 is 1.12 bits per heavy atom. The first kappa shape index (κ1) is 14.7. The van der Waals surface area contributed by atoms with E-state index in [1.54, 1.807) is 11.1 Å². The molecular weight excluding hydrogens is 222 g/mol. The molecule has 1 rings (SSSR count). The van der Waals surface area contributed by atoms with Gasteiger partial charge >= 0.3 is 0 Å². The summed E-state index contributed by atoms with van der Waals surface area (Å²) in [6.07, 6.45) is 0. The van der Waals surface area contributed by atoms with Crippen molar-refractivity contribution in [3.05, 3.63) is 22.3 Å². The summed E-state index contributed by atoms with van der Waals surface area (Å²) >= 11 is 0. The van der Waals surface area contributed by atoms with Crippen LogP contribution in [0.25, 0.3) is 0 Å². The van der Waals surface area contributed by atoms with E-state index in [9.17, 15) is 0 Å². The molecule has 0 radical (unpaired) electrons. The van der Waals surface area contributed by atoms with Crippen molar-refractivity contribution in [3.8, 4) is 0 Å². The summed E-state index contributed by atoms with van der Waals surface area (Å²) in [5.74, 6) is 0.595. The molecule has 0 saturated carbocycles. The fourth-order valence-electron chi connectivity index (χ4n) is 3.52. The molecule has 2 atom stereocenters. The Morgan fingerprint density at radius 2 is 1.59 bits per heavy atom. The van der Waals surface area contributed by atoms with Crippen molar-refractivity contribution in [2.45, 2.75) is 65.7 Å².